The normalized spacial score (nSPS) is 11.8. The Morgan fingerprint density at radius 1 is 1.12 bits per heavy atom. The molecule has 3 rings (SSSR count). The third-order valence-electron chi connectivity index (χ3n) is 5.81. The zero-order chi connectivity index (χ0) is 24.7. The second kappa shape index (κ2) is 11.4. The molecule has 1 aromatic carbocycles. The van der Waals surface area contributed by atoms with Crippen LogP contribution < -0.4 is 16.7 Å². The Labute approximate surface area is 196 Å². The number of H-pyrrole nitrogens is 1. The average Bonchev–Trinajstić information content (AvgIpc) is 3.19. The molecule has 0 bridgehead atoms. The zero-order valence-corrected chi connectivity index (χ0v) is 19.8. The third kappa shape index (κ3) is 5.77. The van der Waals surface area contributed by atoms with Crippen molar-refractivity contribution in [3.63, 3.8) is 0 Å². The molecule has 0 aliphatic heterocycles. The van der Waals surface area contributed by atoms with Crippen LogP contribution in [0.15, 0.2) is 39.0 Å². The molecule has 0 saturated carbocycles. The molecule has 0 atom stereocenters. The molecule has 34 heavy (non-hydrogen) atoms. The smallest absolute Gasteiger partial charge is 0.303 e. The summed E-state index contributed by atoms with van der Waals surface area (Å²) in [6, 6.07) is 6.07. The van der Waals surface area contributed by atoms with Crippen LogP contribution in [0.25, 0.3) is 11.2 Å². The van der Waals surface area contributed by atoms with Crippen molar-refractivity contribution < 1.29 is 4.92 Å². The summed E-state index contributed by atoms with van der Waals surface area (Å²) in [4.78, 5) is 41.9. The molecule has 0 unspecified atom stereocenters. The number of imidazole rings is 1. The fourth-order valence-corrected chi connectivity index (χ4v) is 3.79. The van der Waals surface area contributed by atoms with Crippen LogP contribution in [0.2, 0.25) is 0 Å². The second-order valence-electron chi connectivity index (χ2n) is 8.31. The van der Waals surface area contributed by atoms with Gasteiger partial charge >= 0.3 is 5.69 Å². The first-order chi connectivity index (χ1) is 16.3. The monoisotopic (exact) mass is 469 g/mol. The van der Waals surface area contributed by atoms with Gasteiger partial charge < -0.3 is 4.57 Å². The second-order valence-corrected chi connectivity index (χ2v) is 8.31. The van der Waals surface area contributed by atoms with Gasteiger partial charge in [-0.25, -0.2) is 10.2 Å². The SMILES string of the molecule is CCCCCCCCCn1c(N/N=C(\C)c2ccc([N+](=O)[O-])cc2)nc2c1c(=O)[nH]c(=O)n2C. The molecule has 0 amide bonds. The van der Waals surface area contributed by atoms with Gasteiger partial charge in [0.25, 0.3) is 11.2 Å². The number of aryl methyl sites for hydroxylation is 2. The van der Waals surface area contributed by atoms with Crippen molar-refractivity contribution in [2.75, 3.05) is 5.43 Å². The van der Waals surface area contributed by atoms with Crippen LogP contribution in [-0.2, 0) is 13.6 Å². The highest BCUT2D eigenvalue weighted by atomic mass is 16.6. The largest absolute Gasteiger partial charge is 0.329 e. The van der Waals surface area contributed by atoms with Crippen LogP contribution in [0.1, 0.15) is 64.4 Å². The Hall–Kier alpha value is -3.76. The number of non-ortho nitro benzene ring substituents is 1. The predicted molar refractivity (Wildman–Crippen MR) is 133 cm³/mol. The minimum atomic E-state index is -0.532. The van der Waals surface area contributed by atoms with Gasteiger partial charge in [0, 0.05) is 25.7 Å². The van der Waals surface area contributed by atoms with Crippen LogP contribution in [0.3, 0.4) is 0 Å². The summed E-state index contributed by atoms with van der Waals surface area (Å²) in [5, 5.41) is 15.2. The Kier molecular flexibility index (Phi) is 8.34. The van der Waals surface area contributed by atoms with E-state index in [0.29, 0.717) is 29.3 Å². The van der Waals surface area contributed by atoms with Crippen LogP contribution >= 0.6 is 0 Å². The lowest BCUT2D eigenvalue weighted by atomic mass is 10.1. The van der Waals surface area contributed by atoms with Gasteiger partial charge in [0.15, 0.2) is 11.2 Å². The number of nitrogens with one attached hydrogen (secondary N) is 2. The number of benzene rings is 1. The lowest BCUT2D eigenvalue weighted by Gasteiger charge is -2.09. The van der Waals surface area contributed by atoms with Crippen molar-refractivity contribution >= 4 is 28.5 Å². The van der Waals surface area contributed by atoms with Crippen LogP contribution in [0.5, 0.6) is 0 Å². The number of anilines is 1. The fourth-order valence-electron chi connectivity index (χ4n) is 3.79. The van der Waals surface area contributed by atoms with E-state index in [2.05, 4.69) is 27.4 Å². The van der Waals surface area contributed by atoms with Gasteiger partial charge in [0.05, 0.1) is 10.6 Å². The third-order valence-corrected chi connectivity index (χ3v) is 5.81. The highest BCUT2D eigenvalue weighted by Gasteiger charge is 2.17. The van der Waals surface area contributed by atoms with Gasteiger partial charge in [-0.15, -0.1) is 0 Å². The van der Waals surface area contributed by atoms with Crippen LogP contribution in [0.4, 0.5) is 11.6 Å². The van der Waals surface area contributed by atoms with Gasteiger partial charge in [-0.05, 0) is 31.0 Å². The number of hydrogen-bond acceptors (Lipinski definition) is 7. The van der Waals surface area contributed by atoms with E-state index >= 15 is 0 Å². The molecular formula is C23H31N7O4. The van der Waals surface area contributed by atoms with Crippen molar-refractivity contribution in [2.24, 2.45) is 12.1 Å². The van der Waals surface area contributed by atoms with Crippen molar-refractivity contribution in [1.82, 2.24) is 19.1 Å². The van der Waals surface area contributed by atoms with Crippen LogP contribution in [0, 0.1) is 10.1 Å². The summed E-state index contributed by atoms with van der Waals surface area (Å²) in [7, 11) is 1.56. The average molecular weight is 470 g/mol. The quantitative estimate of drug-likeness (QED) is 0.178. The number of aromatic amines is 1. The molecular weight excluding hydrogens is 438 g/mol. The van der Waals surface area contributed by atoms with E-state index in [-0.39, 0.29) is 11.3 Å². The maximum atomic E-state index is 12.6. The van der Waals surface area contributed by atoms with E-state index in [1.807, 2.05) is 0 Å². The number of hydrogen-bond donors (Lipinski definition) is 2. The molecule has 3 aromatic rings. The molecule has 2 N–H and O–H groups in total. The summed E-state index contributed by atoms with van der Waals surface area (Å²) < 4.78 is 3.06. The first-order valence-corrected chi connectivity index (χ1v) is 11.6. The van der Waals surface area contributed by atoms with Crippen LogP contribution in [-0.4, -0.2) is 29.7 Å². The molecule has 0 saturated heterocycles. The number of nitro benzene ring substituents is 1. The summed E-state index contributed by atoms with van der Waals surface area (Å²) in [6.45, 7) is 4.51. The summed E-state index contributed by atoms with van der Waals surface area (Å²) >= 11 is 0. The molecule has 2 aromatic heterocycles. The van der Waals surface area contributed by atoms with Crippen molar-refractivity contribution in [3.05, 3.63) is 60.8 Å². The molecule has 11 heteroatoms. The van der Waals surface area contributed by atoms with Gasteiger partial charge in [-0.3, -0.25) is 24.5 Å². The molecule has 0 radical (unpaired) electrons. The van der Waals surface area contributed by atoms with Gasteiger partial charge in [0.2, 0.25) is 5.95 Å². The van der Waals surface area contributed by atoms with Gasteiger partial charge in [-0.2, -0.15) is 10.1 Å². The summed E-state index contributed by atoms with van der Waals surface area (Å²) in [5.74, 6) is 0.356. The fraction of sp³-hybridized carbons (Fsp3) is 0.478. The van der Waals surface area contributed by atoms with Crippen molar-refractivity contribution in [2.45, 2.75) is 65.3 Å². The maximum Gasteiger partial charge on any atom is 0.329 e. The number of aromatic nitrogens is 4. The zero-order valence-electron chi connectivity index (χ0n) is 19.8. The topological polar surface area (TPSA) is 140 Å². The molecule has 182 valence electrons. The first kappa shape index (κ1) is 24.9. The first-order valence-electron chi connectivity index (χ1n) is 11.6. The molecule has 11 nitrogen and oxygen atoms in total. The van der Waals surface area contributed by atoms with E-state index in [9.17, 15) is 19.7 Å². The van der Waals surface area contributed by atoms with E-state index in [0.717, 1.165) is 19.3 Å². The summed E-state index contributed by atoms with van der Waals surface area (Å²) in [5.41, 5.74) is 3.79. The van der Waals surface area contributed by atoms with E-state index in [4.69, 9.17) is 0 Å². The highest BCUT2D eigenvalue weighted by molar-refractivity contribution is 5.99. The van der Waals surface area contributed by atoms with Gasteiger partial charge in [-0.1, -0.05) is 45.4 Å². The van der Waals surface area contributed by atoms with Gasteiger partial charge in [0.1, 0.15) is 0 Å². The minimum absolute atomic E-state index is 0.00105. The van der Waals surface area contributed by atoms with Crippen molar-refractivity contribution in [1.29, 1.82) is 0 Å². The molecule has 0 fully saturated rings. The lowest BCUT2D eigenvalue weighted by molar-refractivity contribution is -0.384. The number of unbranched alkanes of at least 4 members (excludes halogenated alkanes) is 6. The van der Waals surface area contributed by atoms with E-state index < -0.39 is 16.2 Å². The molecule has 2 heterocycles. The standard InChI is InChI=1S/C23H31N7O4/c1-4-5-6-7-8-9-10-15-29-19-20(28(3)23(32)25-21(19)31)24-22(29)27-26-16(2)17-11-13-18(14-12-17)30(33)34/h11-14H,4-10,15H2,1-3H3,(H,24,27)(H,25,31,32)/b26-16+. The summed E-state index contributed by atoms with van der Waals surface area (Å²) in [6.07, 6.45) is 7.89. The molecule has 0 spiro atoms. The van der Waals surface area contributed by atoms with E-state index in [1.54, 1.807) is 30.7 Å². The molecule has 0 aliphatic carbocycles. The Bertz CT molecular complexity index is 1290. The predicted octanol–water partition coefficient (Wildman–Crippen LogP) is 3.92. The maximum absolute atomic E-state index is 12.6. The number of hydrazone groups is 1. The number of fused-ring (bicyclic) bond motifs is 1. The minimum Gasteiger partial charge on any atom is -0.303 e. The molecule has 0 aliphatic rings. The lowest BCUT2D eigenvalue weighted by Crippen LogP contribution is -2.29. The Morgan fingerprint density at radius 2 is 1.76 bits per heavy atom. The Balaban J connectivity index is 1.84. The number of rotatable bonds is 12. The number of nitro groups is 1. The number of nitrogens with zero attached hydrogens (tertiary/aromatic N) is 5. The van der Waals surface area contributed by atoms with E-state index in [1.165, 1.54) is 42.4 Å². The Morgan fingerprint density at radius 3 is 2.41 bits per heavy atom. The highest BCUT2D eigenvalue weighted by Crippen LogP contribution is 2.18. The van der Waals surface area contributed by atoms with Crippen molar-refractivity contribution in [3.8, 4) is 0 Å².